The maximum atomic E-state index is 11.9. The highest BCUT2D eigenvalue weighted by Crippen LogP contribution is 2.31. The van der Waals surface area contributed by atoms with E-state index in [1.54, 1.807) is 19.1 Å². The monoisotopic (exact) mass is 250 g/mol. The fourth-order valence-corrected chi connectivity index (χ4v) is 1.79. The van der Waals surface area contributed by atoms with Crippen LogP contribution in [0.15, 0.2) is 12.1 Å². The number of ketones is 2. The quantitative estimate of drug-likeness (QED) is 0.728. The first-order chi connectivity index (χ1) is 8.53. The summed E-state index contributed by atoms with van der Waals surface area (Å²) in [5.41, 5.74) is 1.22. The van der Waals surface area contributed by atoms with E-state index in [1.165, 1.54) is 21.1 Å². The lowest BCUT2D eigenvalue weighted by atomic mass is 9.97. The van der Waals surface area contributed by atoms with Crippen molar-refractivity contribution in [2.45, 2.75) is 26.7 Å². The van der Waals surface area contributed by atoms with Crippen LogP contribution >= 0.6 is 0 Å². The number of carbonyl (C=O) groups excluding carboxylic acids is 2. The van der Waals surface area contributed by atoms with E-state index in [0.717, 1.165) is 0 Å². The normalized spacial score (nSPS) is 10.0. The Kier molecular flexibility index (Phi) is 4.89. The molecule has 0 heterocycles. The lowest BCUT2D eigenvalue weighted by molar-refractivity contribution is -0.116. The van der Waals surface area contributed by atoms with Gasteiger partial charge in [-0.15, -0.1) is 0 Å². The molecule has 1 aromatic carbocycles. The van der Waals surface area contributed by atoms with Crippen molar-refractivity contribution in [3.63, 3.8) is 0 Å². The average Bonchev–Trinajstić information content (AvgIpc) is 2.36. The van der Waals surface area contributed by atoms with Crippen molar-refractivity contribution in [2.24, 2.45) is 0 Å². The molecule has 4 nitrogen and oxygen atoms in total. The molecule has 0 bridgehead atoms. The van der Waals surface area contributed by atoms with Gasteiger partial charge in [0.2, 0.25) is 0 Å². The van der Waals surface area contributed by atoms with Crippen LogP contribution in [0.4, 0.5) is 0 Å². The molecule has 0 saturated heterocycles. The molecule has 0 spiro atoms. The third kappa shape index (κ3) is 3.09. The van der Waals surface area contributed by atoms with Crippen molar-refractivity contribution in [1.29, 1.82) is 0 Å². The smallest absolute Gasteiger partial charge is 0.163 e. The van der Waals surface area contributed by atoms with E-state index >= 15 is 0 Å². The lowest BCUT2D eigenvalue weighted by Crippen LogP contribution is -2.07. The van der Waals surface area contributed by atoms with Crippen molar-refractivity contribution in [2.75, 3.05) is 14.2 Å². The summed E-state index contributed by atoms with van der Waals surface area (Å²) in [6.07, 6.45) is 0.613. The first kappa shape index (κ1) is 14.2. The molecule has 0 unspecified atom stereocenters. The Balaban J connectivity index is 3.35. The van der Waals surface area contributed by atoms with Gasteiger partial charge in [-0.05, 0) is 24.6 Å². The summed E-state index contributed by atoms with van der Waals surface area (Å²) in [6.45, 7) is 3.29. The molecule has 0 aromatic heterocycles. The van der Waals surface area contributed by atoms with Crippen molar-refractivity contribution in [3.8, 4) is 11.5 Å². The number of benzene rings is 1. The number of rotatable bonds is 6. The summed E-state index contributed by atoms with van der Waals surface area (Å²) in [6, 6.07) is 3.34. The van der Waals surface area contributed by atoms with E-state index in [-0.39, 0.29) is 18.0 Å². The number of hydrogen-bond acceptors (Lipinski definition) is 4. The van der Waals surface area contributed by atoms with Crippen LogP contribution in [0.2, 0.25) is 0 Å². The Morgan fingerprint density at radius 3 is 2.11 bits per heavy atom. The molecule has 0 radical (unpaired) electrons. The number of ether oxygens (including phenoxy) is 2. The average molecular weight is 250 g/mol. The van der Waals surface area contributed by atoms with Crippen LogP contribution in [0, 0.1) is 0 Å². The largest absolute Gasteiger partial charge is 0.493 e. The van der Waals surface area contributed by atoms with E-state index in [2.05, 4.69) is 0 Å². The highest BCUT2D eigenvalue weighted by atomic mass is 16.5. The zero-order valence-corrected chi connectivity index (χ0v) is 11.2. The molecule has 18 heavy (non-hydrogen) atoms. The number of Topliss-reactive ketones (excluding diaryl/α,β-unsaturated/α-hetero) is 2. The summed E-state index contributed by atoms with van der Waals surface area (Å²) in [4.78, 5) is 23.1. The Bertz CT molecular complexity index is 463. The molecule has 0 saturated carbocycles. The molecular formula is C14H18O4. The van der Waals surface area contributed by atoms with E-state index in [1.807, 2.05) is 0 Å². The fraction of sp³-hybridized carbons (Fsp3) is 0.429. The van der Waals surface area contributed by atoms with Crippen LogP contribution in [0.1, 0.15) is 36.2 Å². The number of hydrogen-bond donors (Lipinski definition) is 0. The van der Waals surface area contributed by atoms with Gasteiger partial charge in [0, 0.05) is 18.4 Å². The molecule has 0 aliphatic heterocycles. The van der Waals surface area contributed by atoms with Crippen molar-refractivity contribution in [3.05, 3.63) is 23.3 Å². The van der Waals surface area contributed by atoms with Crippen LogP contribution < -0.4 is 9.47 Å². The van der Waals surface area contributed by atoms with E-state index in [0.29, 0.717) is 29.0 Å². The second-order valence-corrected chi connectivity index (χ2v) is 4.02. The van der Waals surface area contributed by atoms with Gasteiger partial charge in [0.05, 0.1) is 14.2 Å². The molecule has 0 N–H and O–H groups in total. The topological polar surface area (TPSA) is 52.6 Å². The Hall–Kier alpha value is -1.84. The molecule has 0 amide bonds. The molecule has 4 heteroatoms. The Labute approximate surface area is 107 Å². The molecule has 1 aromatic rings. The van der Waals surface area contributed by atoms with Crippen molar-refractivity contribution in [1.82, 2.24) is 0 Å². The van der Waals surface area contributed by atoms with Gasteiger partial charge in [-0.2, -0.15) is 0 Å². The summed E-state index contributed by atoms with van der Waals surface area (Å²) in [5, 5.41) is 0. The molecule has 0 aliphatic rings. The number of carbonyl (C=O) groups is 2. The molecule has 0 fully saturated rings. The summed E-state index contributed by atoms with van der Waals surface area (Å²) in [5.74, 6) is 1.03. The highest BCUT2D eigenvalue weighted by molar-refractivity contribution is 5.99. The predicted molar refractivity (Wildman–Crippen MR) is 68.6 cm³/mol. The minimum absolute atomic E-state index is 0.00683. The standard InChI is InChI=1S/C14H18O4/c1-5-12(16)11-8-14(18-4)13(17-3)7-10(11)6-9(2)15/h7-8H,5-6H2,1-4H3. The second kappa shape index (κ2) is 6.19. The molecule has 0 atom stereocenters. The maximum Gasteiger partial charge on any atom is 0.163 e. The van der Waals surface area contributed by atoms with Gasteiger partial charge >= 0.3 is 0 Å². The van der Waals surface area contributed by atoms with Crippen LogP contribution in [-0.2, 0) is 11.2 Å². The Morgan fingerprint density at radius 2 is 1.67 bits per heavy atom. The molecular weight excluding hydrogens is 232 g/mol. The maximum absolute atomic E-state index is 11.9. The molecule has 98 valence electrons. The van der Waals surface area contributed by atoms with Gasteiger partial charge in [-0.1, -0.05) is 6.92 Å². The first-order valence-electron chi connectivity index (χ1n) is 5.81. The van der Waals surface area contributed by atoms with Gasteiger partial charge in [0.25, 0.3) is 0 Å². The van der Waals surface area contributed by atoms with E-state index in [9.17, 15) is 9.59 Å². The highest BCUT2D eigenvalue weighted by Gasteiger charge is 2.16. The predicted octanol–water partition coefficient (Wildman–Crippen LogP) is 2.43. The first-order valence-corrected chi connectivity index (χ1v) is 5.81. The number of methoxy groups -OCH3 is 2. The van der Waals surface area contributed by atoms with Gasteiger partial charge < -0.3 is 9.47 Å². The van der Waals surface area contributed by atoms with Crippen LogP contribution in [-0.4, -0.2) is 25.8 Å². The van der Waals surface area contributed by atoms with Crippen LogP contribution in [0.25, 0.3) is 0 Å². The zero-order chi connectivity index (χ0) is 13.7. The Morgan fingerprint density at radius 1 is 1.11 bits per heavy atom. The van der Waals surface area contributed by atoms with Gasteiger partial charge in [-0.25, -0.2) is 0 Å². The minimum Gasteiger partial charge on any atom is -0.493 e. The van der Waals surface area contributed by atoms with Crippen LogP contribution in [0.3, 0.4) is 0 Å². The summed E-state index contributed by atoms with van der Waals surface area (Å²) >= 11 is 0. The van der Waals surface area contributed by atoms with Crippen molar-refractivity contribution >= 4 is 11.6 Å². The van der Waals surface area contributed by atoms with Gasteiger partial charge in [-0.3, -0.25) is 9.59 Å². The SMILES string of the molecule is CCC(=O)c1cc(OC)c(OC)cc1CC(C)=O. The second-order valence-electron chi connectivity index (χ2n) is 4.02. The fourth-order valence-electron chi connectivity index (χ4n) is 1.79. The van der Waals surface area contributed by atoms with Crippen molar-refractivity contribution < 1.29 is 19.1 Å². The summed E-state index contributed by atoms with van der Waals surface area (Å²) < 4.78 is 10.3. The van der Waals surface area contributed by atoms with Gasteiger partial charge in [0.15, 0.2) is 17.3 Å². The zero-order valence-electron chi connectivity index (χ0n) is 11.2. The van der Waals surface area contributed by atoms with E-state index < -0.39 is 0 Å². The molecule has 0 aliphatic carbocycles. The lowest BCUT2D eigenvalue weighted by Gasteiger charge is -2.13. The molecule has 1 rings (SSSR count). The van der Waals surface area contributed by atoms with Crippen LogP contribution in [0.5, 0.6) is 11.5 Å². The van der Waals surface area contributed by atoms with Gasteiger partial charge in [0.1, 0.15) is 5.78 Å². The third-order valence-electron chi connectivity index (χ3n) is 2.67. The third-order valence-corrected chi connectivity index (χ3v) is 2.67. The van der Waals surface area contributed by atoms with E-state index in [4.69, 9.17) is 9.47 Å². The summed E-state index contributed by atoms with van der Waals surface area (Å²) in [7, 11) is 3.04. The minimum atomic E-state index is -0.00722.